The Morgan fingerprint density at radius 3 is 3.00 bits per heavy atom. The molecule has 2 nitrogen and oxygen atoms in total. The van der Waals surface area contributed by atoms with Gasteiger partial charge in [-0.3, -0.25) is 0 Å². The van der Waals surface area contributed by atoms with Crippen LogP contribution >= 0.6 is 15.9 Å². The fraction of sp³-hybridized carbons (Fsp3) is 0.400. The molecule has 0 radical (unpaired) electrons. The first-order valence-corrected chi connectivity index (χ1v) is 5.13. The summed E-state index contributed by atoms with van der Waals surface area (Å²) in [5.74, 6) is 0.878. The summed E-state index contributed by atoms with van der Waals surface area (Å²) in [5.41, 5.74) is 8.53. The highest BCUT2D eigenvalue weighted by molar-refractivity contribution is 9.10. The van der Waals surface area contributed by atoms with E-state index in [-0.39, 0.29) is 6.04 Å². The largest absolute Gasteiger partial charge is 0.497 e. The van der Waals surface area contributed by atoms with Gasteiger partial charge in [-0.05, 0) is 36.1 Å². The average molecular weight is 242 g/mol. The first-order chi connectivity index (χ1) is 6.22. The molecule has 1 aromatic carbocycles. The maximum Gasteiger partial charge on any atom is 0.120 e. The van der Waals surface area contributed by atoms with E-state index in [1.54, 1.807) is 7.11 Å². The molecule has 0 heterocycles. The Morgan fingerprint density at radius 2 is 2.31 bits per heavy atom. The second kappa shape index (κ2) is 3.31. The van der Waals surface area contributed by atoms with Crippen LogP contribution in [0.3, 0.4) is 0 Å². The number of benzene rings is 1. The van der Waals surface area contributed by atoms with E-state index in [1.807, 2.05) is 12.1 Å². The van der Waals surface area contributed by atoms with Crippen molar-refractivity contribution in [1.82, 2.24) is 0 Å². The van der Waals surface area contributed by atoms with Crippen LogP contribution in [0.2, 0.25) is 0 Å². The Hall–Kier alpha value is -0.540. The van der Waals surface area contributed by atoms with Gasteiger partial charge in [0.1, 0.15) is 5.75 Å². The summed E-state index contributed by atoms with van der Waals surface area (Å²) < 4.78 is 6.30. The Bertz CT molecular complexity index is 338. The molecule has 2 rings (SSSR count). The number of rotatable bonds is 1. The lowest BCUT2D eigenvalue weighted by atomic mass is 10.1. The third-order valence-corrected chi connectivity index (χ3v) is 3.25. The Morgan fingerprint density at radius 1 is 1.54 bits per heavy atom. The van der Waals surface area contributed by atoms with Crippen molar-refractivity contribution in [2.24, 2.45) is 5.73 Å². The molecule has 3 heteroatoms. The molecule has 0 aliphatic heterocycles. The van der Waals surface area contributed by atoms with Gasteiger partial charge in [0.15, 0.2) is 0 Å². The topological polar surface area (TPSA) is 35.2 Å². The zero-order valence-corrected chi connectivity index (χ0v) is 9.10. The number of methoxy groups -OCH3 is 1. The van der Waals surface area contributed by atoms with Crippen LogP contribution in [-0.4, -0.2) is 7.11 Å². The Balaban J connectivity index is 2.53. The normalized spacial score (nSPS) is 20.1. The standard InChI is InChI=1S/C10H12BrNO/c1-13-6-4-8-7(9(11)5-6)2-3-10(8)12/h4-5,10H,2-3,12H2,1H3/t10-/m1/s1. The third kappa shape index (κ3) is 1.46. The van der Waals surface area contributed by atoms with E-state index in [0.717, 1.165) is 23.1 Å². The van der Waals surface area contributed by atoms with Gasteiger partial charge < -0.3 is 10.5 Å². The van der Waals surface area contributed by atoms with Crippen molar-refractivity contribution in [2.75, 3.05) is 7.11 Å². The Kier molecular flexibility index (Phi) is 2.30. The molecular formula is C10H12BrNO. The molecule has 0 unspecified atom stereocenters. The van der Waals surface area contributed by atoms with E-state index in [1.165, 1.54) is 11.1 Å². The molecule has 0 fully saturated rings. The van der Waals surface area contributed by atoms with E-state index in [4.69, 9.17) is 10.5 Å². The zero-order valence-electron chi connectivity index (χ0n) is 7.51. The van der Waals surface area contributed by atoms with E-state index in [0.29, 0.717) is 0 Å². The van der Waals surface area contributed by atoms with Gasteiger partial charge in [0, 0.05) is 10.5 Å². The lowest BCUT2D eigenvalue weighted by molar-refractivity contribution is 0.413. The molecule has 0 amide bonds. The van der Waals surface area contributed by atoms with E-state index in [9.17, 15) is 0 Å². The number of hydrogen-bond donors (Lipinski definition) is 1. The molecule has 0 aromatic heterocycles. The highest BCUT2D eigenvalue weighted by Gasteiger charge is 2.21. The summed E-state index contributed by atoms with van der Waals surface area (Å²) in [4.78, 5) is 0. The van der Waals surface area contributed by atoms with Crippen molar-refractivity contribution in [1.29, 1.82) is 0 Å². The molecule has 0 saturated carbocycles. The van der Waals surface area contributed by atoms with Gasteiger partial charge in [-0.1, -0.05) is 15.9 Å². The molecule has 1 aliphatic carbocycles. The summed E-state index contributed by atoms with van der Waals surface area (Å²) in [6.45, 7) is 0. The quantitative estimate of drug-likeness (QED) is 0.820. The van der Waals surface area contributed by atoms with Gasteiger partial charge in [-0.25, -0.2) is 0 Å². The molecule has 1 atom stereocenters. The summed E-state index contributed by atoms with van der Waals surface area (Å²) in [7, 11) is 1.68. The molecule has 13 heavy (non-hydrogen) atoms. The third-order valence-electron chi connectivity index (χ3n) is 2.54. The summed E-state index contributed by atoms with van der Waals surface area (Å²) in [5, 5.41) is 0. The van der Waals surface area contributed by atoms with Gasteiger partial charge in [-0.2, -0.15) is 0 Å². The SMILES string of the molecule is COc1cc(Br)c2c(c1)[C@H](N)CC2. The fourth-order valence-corrected chi connectivity index (χ4v) is 2.45. The average Bonchev–Trinajstić information content (AvgIpc) is 2.48. The maximum atomic E-state index is 5.96. The van der Waals surface area contributed by atoms with Crippen LogP contribution in [0.5, 0.6) is 5.75 Å². The van der Waals surface area contributed by atoms with Gasteiger partial charge in [-0.15, -0.1) is 0 Å². The second-order valence-electron chi connectivity index (χ2n) is 3.32. The summed E-state index contributed by atoms with van der Waals surface area (Å²) >= 11 is 3.53. The molecule has 1 aromatic rings. The van der Waals surface area contributed by atoms with Crippen molar-refractivity contribution in [3.05, 3.63) is 27.7 Å². The number of ether oxygens (including phenoxy) is 1. The number of nitrogens with two attached hydrogens (primary N) is 1. The second-order valence-corrected chi connectivity index (χ2v) is 4.18. The molecule has 70 valence electrons. The van der Waals surface area contributed by atoms with E-state index in [2.05, 4.69) is 15.9 Å². The first-order valence-electron chi connectivity index (χ1n) is 4.34. The predicted molar refractivity (Wildman–Crippen MR) is 55.9 cm³/mol. The van der Waals surface area contributed by atoms with Crippen molar-refractivity contribution >= 4 is 15.9 Å². The van der Waals surface area contributed by atoms with Crippen LogP contribution in [-0.2, 0) is 6.42 Å². The maximum absolute atomic E-state index is 5.96. The van der Waals surface area contributed by atoms with Crippen LogP contribution in [0.15, 0.2) is 16.6 Å². The Labute approximate surface area is 86.2 Å². The summed E-state index contributed by atoms with van der Waals surface area (Å²) in [6.07, 6.45) is 2.11. The number of hydrogen-bond acceptors (Lipinski definition) is 2. The molecule has 0 saturated heterocycles. The summed E-state index contributed by atoms with van der Waals surface area (Å²) in [6, 6.07) is 4.22. The van der Waals surface area contributed by atoms with Crippen molar-refractivity contribution in [3.8, 4) is 5.75 Å². The molecule has 0 spiro atoms. The van der Waals surface area contributed by atoms with Gasteiger partial charge in [0.05, 0.1) is 7.11 Å². The molecule has 1 aliphatic rings. The first kappa shape index (κ1) is 9.03. The minimum Gasteiger partial charge on any atom is -0.497 e. The van der Waals surface area contributed by atoms with Gasteiger partial charge in [0.25, 0.3) is 0 Å². The van der Waals surface area contributed by atoms with Crippen molar-refractivity contribution in [3.63, 3.8) is 0 Å². The van der Waals surface area contributed by atoms with Crippen LogP contribution in [0.25, 0.3) is 0 Å². The van der Waals surface area contributed by atoms with Crippen molar-refractivity contribution < 1.29 is 4.74 Å². The van der Waals surface area contributed by atoms with Crippen LogP contribution in [0.4, 0.5) is 0 Å². The van der Waals surface area contributed by atoms with Gasteiger partial charge in [0.2, 0.25) is 0 Å². The lowest BCUT2D eigenvalue weighted by Crippen LogP contribution is -2.05. The van der Waals surface area contributed by atoms with Crippen LogP contribution < -0.4 is 10.5 Å². The number of fused-ring (bicyclic) bond motifs is 1. The molecular weight excluding hydrogens is 230 g/mol. The fourth-order valence-electron chi connectivity index (χ4n) is 1.80. The van der Waals surface area contributed by atoms with E-state index < -0.39 is 0 Å². The van der Waals surface area contributed by atoms with Crippen LogP contribution in [0.1, 0.15) is 23.6 Å². The number of halogens is 1. The van der Waals surface area contributed by atoms with Crippen molar-refractivity contribution in [2.45, 2.75) is 18.9 Å². The highest BCUT2D eigenvalue weighted by Crippen LogP contribution is 2.37. The monoisotopic (exact) mass is 241 g/mol. The van der Waals surface area contributed by atoms with E-state index >= 15 is 0 Å². The smallest absolute Gasteiger partial charge is 0.120 e. The highest BCUT2D eigenvalue weighted by atomic mass is 79.9. The predicted octanol–water partition coefficient (Wildman–Crippen LogP) is 2.40. The van der Waals surface area contributed by atoms with Gasteiger partial charge >= 0.3 is 0 Å². The minimum atomic E-state index is 0.182. The van der Waals surface area contributed by atoms with Crippen LogP contribution in [0, 0.1) is 0 Å². The zero-order chi connectivity index (χ0) is 9.42. The molecule has 2 N–H and O–H groups in total. The lowest BCUT2D eigenvalue weighted by Gasteiger charge is -2.08. The minimum absolute atomic E-state index is 0.182. The molecule has 0 bridgehead atoms.